The number of rotatable bonds is 5. The zero-order valence-corrected chi connectivity index (χ0v) is 15.5. The van der Waals surface area contributed by atoms with Crippen molar-refractivity contribution in [2.75, 3.05) is 5.32 Å². The Kier molecular flexibility index (Phi) is 6.89. The number of aromatic nitrogens is 2. The molecule has 28 heavy (non-hydrogen) atoms. The Balaban J connectivity index is 0.00000280. The van der Waals surface area contributed by atoms with Crippen molar-refractivity contribution in [2.24, 2.45) is 0 Å². The van der Waals surface area contributed by atoms with Gasteiger partial charge < -0.3 is 20.6 Å². The zero-order valence-electron chi connectivity index (χ0n) is 14.0. The van der Waals surface area contributed by atoms with Gasteiger partial charge in [0.1, 0.15) is 5.75 Å². The van der Waals surface area contributed by atoms with Crippen LogP contribution in [0.4, 0.5) is 5.69 Å². The molecule has 0 radical (unpaired) electrons. The minimum absolute atomic E-state index is 0. The van der Waals surface area contributed by atoms with Gasteiger partial charge in [-0.3, -0.25) is 4.79 Å². The number of nitrogens with zero attached hydrogens (tertiary/aromatic N) is 2. The Morgan fingerprint density at radius 2 is 1.71 bits per heavy atom. The number of hydrogen-bond donors (Lipinski definition) is 2. The van der Waals surface area contributed by atoms with Gasteiger partial charge in [-0.15, -0.1) is 0 Å². The number of hydrogen-bond acceptors (Lipinski definition) is 5. The van der Waals surface area contributed by atoms with Gasteiger partial charge in [0.25, 0.3) is 5.91 Å². The van der Waals surface area contributed by atoms with Crippen LogP contribution >= 0.6 is 23.2 Å². The first kappa shape index (κ1) is 21.1. The number of anilines is 1. The van der Waals surface area contributed by atoms with Gasteiger partial charge in [0.05, 0.1) is 21.8 Å². The van der Waals surface area contributed by atoms with E-state index in [1.807, 2.05) is 0 Å². The van der Waals surface area contributed by atoms with Gasteiger partial charge in [-0.1, -0.05) is 23.2 Å². The largest absolute Gasteiger partial charge is 0.478 e. The normalized spacial score (nSPS) is 9.93. The second-order valence-corrected chi connectivity index (χ2v) is 6.07. The maximum Gasteiger partial charge on any atom is 0.337 e. The molecule has 4 N–H and O–H groups in total. The van der Waals surface area contributed by atoms with Crippen LogP contribution in [0.15, 0.2) is 54.9 Å². The second-order valence-electron chi connectivity index (χ2n) is 5.22. The Morgan fingerprint density at radius 3 is 2.36 bits per heavy atom. The van der Waals surface area contributed by atoms with Gasteiger partial charge >= 0.3 is 12.0 Å². The summed E-state index contributed by atoms with van der Waals surface area (Å²) >= 11 is 11.8. The first-order valence-corrected chi connectivity index (χ1v) is 8.28. The molecule has 8 nitrogen and oxygen atoms in total. The molecule has 0 unspecified atom stereocenters. The van der Waals surface area contributed by atoms with Crippen LogP contribution in [0.1, 0.15) is 20.7 Å². The van der Waals surface area contributed by atoms with Crippen molar-refractivity contribution in [3.8, 4) is 11.8 Å². The van der Waals surface area contributed by atoms with Crippen LogP contribution in [0.25, 0.3) is 0 Å². The predicted molar refractivity (Wildman–Crippen MR) is 104 cm³/mol. The number of aromatic carboxylic acids is 1. The molecule has 0 aliphatic heterocycles. The fourth-order valence-corrected chi connectivity index (χ4v) is 2.67. The third-order valence-electron chi connectivity index (χ3n) is 3.40. The Bertz CT molecular complexity index is 1020. The van der Waals surface area contributed by atoms with Crippen LogP contribution in [0.2, 0.25) is 10.0 Å². The molecule has 1 amide bonds. The molecule has 0 bridgehead atoms. The summed E-state index contributed by atoms with van der Waals surface area (Å²) in [6.45, 7) is 0. The van der Waals surface area contributed by atoms with Crippen LogP contribution in [-0.4, -0.2) is 32.4 Å². The van der Waals surface area contributed by atoms with E-state index in [0.29, 0.717) is 5.02 Å². The molecular weight excluding hydrogens is 409 g/mol. The van der Waals surface area contributed by atoms with Crippen molar-refractivity contribution >= 4 is 40.8 Å². The standard InChI is InChI=1S/C18H11Cl2N3O4.H2O/c19-10-2-4-12(14(20)8-10)16(24)23-15-5-3-11(9-13(15)17(25)26)27-18-21-6-1-7-22-18;/h1-9H,(H,23,24)(H,25,26);1H2. The number of benzene rings is 2. The number of amides is 1. The van der Waals surface area contributed by atoms with Crippen LogP contribution in [0.5, 0.6) is 11.8 Å². The van der Waals surface area contributed by atoms with Gasteiger partial charge in [-0.05, 0) is 42.5 Å². The summed E-state index contributed by atoms with van der Waals surface area (Å²) in [6.07, 6.45) is 2.98. The van der Waals surface area contributed by atoms with Gasteiger partial charge in [0, 0.05) is 17.4 Å². The van der Waals surface area contributed by atoms with Crippen molar-refractivity contribution in [1.82, 2.24) is 9.97 Å². The van der Waals surface area contributed by atoms with E-state index >= 15 is 0 Å². The van der Waals surface area contributed by atoms with Gasteiger partial charge in [0.2, 0.25) is 0 Å². The summed E-state index contributed by atoms with van der Waals surface area (Å²) in [6, 6.07) is 10.2. The topological polar surface area (TPSA) is 133 Å². The van der Waals surface area contributed by atoms with Gasteiger partial charge in [0.15, 0.2) is 0 Å². The van der Waals surface area contributed by atoms with Crippen molar-refractivity contribution < 1.29 is 24.9 Å². The SMILES string of the molecule is O.O=C(Nc1ccc(Oc2ncccn2)cc1C(=O)O)c1ccc(Cl)cc1Cl. The summed E-state index contributed by atoms with van der Waals surface area (Å²) < 4.78 is 5.41. The van der Waals surface area contributed by atoms with Crippen LogP contribution in [0, 0.1) is 0 Å². The van der Waals surface area contributed by atoms with Gasteiger partial charge in [-0.2, -0.15) is 0 Å². The number of carbonyl (C=O) groups is 2. The van der Waals surface area contributed by atoms with Crippen molar-refractivity contribution in [1.29, 1.82) is 0 Å². The summed E-state index contributed by atoms with van der Waals surface area (Å²) in [5.74, 6) is -1.60. The number of carboxylic acids is 1. The minimum atomic E-state index is -1.24. The van der Waals surface area contributed by atoms with E-state index in [9.17, 15) is 14.7 Å². The summed E-state index contributed by atoms with van der Waals surface area (Å²) in [5.41, 5.74) is 0.0807. The molecule has 2 aromatic carbocycles. The van der Waals surface area contributed by atoms with E-state index in [0.717, 1.165) is 0 Å². The highest BCUT2D eigenvalue weighted by Gasteiger charge is 2.17. The number of nitrogens with one attached hydrogen (secondary N) is 1. The van der Waals surface area contributed by atoms with E-state index in [1.165, 1.54) is 48.8 Å². The molecule has 0 atom stereocenters. The molecule has 10 heteroatoms. The maximum atomic E-state index is 12.4. The number of halogens is 2. The molecule has 144 valence electrons. The van der Waals surface area contributed by atoms with Crippen molar-refractivity contribution in [2.45, 2.75) is 0 Å². The summed E-state index contributed by atoms with van der Waals surface area (Å²) in [7, 11) is 0. The molecule has 0 spiro atoms. The Hall–Kier alpha value is -3.20. The monoisotopic (exact) mass is 421 g/mol. The first-order valence-electron chi connectivity index (χ1n) is 7.52. The fraction of sp³-hybridized carbons (Fsp3) is 0. The summed E-state index contributed by atoms with van der Waals surface area (Å²) in [4.78, 5) is 31.8. The molecule has 1 aromatic heterocycles. The van der Waals surface area contributed by atoms with E-state index in [-0.39, 0.29) is 39.1 Å². The van der Waals surface area contributed by atoms with Crippen molar-refractivity contribution in [3.63, 3.8) is 0 Å². The second kappa shape index (κ2) is 9.14. The third kappa shape index (κ3) is 4.95. The van der Waals surface area contributed by atoms with E-state index < -0.39 is 11.9 Å². The predicted octanol–water partition coefficient (Wildman–Crippen LogP) is 3.70. The molecule has 0 aliphatic carbocycles. The maximum absolute atomic E-state index is 12.4. The molecule has 0 fully saturated rings. The molecule has 1 heterocycles. The molecule has 3 rings (SSSR count). The number of ether oxygens (including phenoxy) is 1. The highest BCUT2D eigenvalue weighted by Crippen LogP contribution is 2.27. The molecule has 0 aliphatic rings. The lowest BCUT2D eigenvalue weighted by atomic mass is 10.1. The van der Waals surface area contributed by atoms with E-state index in [4.69, 9.17) is 27.9 Å². The fourth-order valence-electron chi connectivity index (χ4n) is 2.18. The molecule has 0 saturated heterocycles. The van der Waals surface area contributed by atoms with Gasteiger partial charge in [-0.25, -0.2) is 14.8 Å². The molecular formula is C18H13Cl2N3O5. The summed E-state index contributed by atoms with van der Waals surface area (Å²) in [5, 5.41) is 12.5. The zero-order chi connectivity index (χ0) is 19.4. The lowest BCUT2D eigenvalue weighted by Crippen LogP contribution is -2.15. The molecule has 0 saturated carbocycles. The van der Waals surface area contributed by atoms with Crippen LogP contribution in [-0.2, 0) is 0 Å². The lowest BCUT2D eigenvalue weighted by Gasteiger charge is -2.11. The van der Waals surface area contributed by atoms with E-state index in [1.54, 1.807) is 6.07 Å². The average molecular weight is 422 g/mol. The minimum Gasteiger partial charge on any atom is -0.478 e. The Labute approximate surface area is 169 Å². The first-order chi connectivity index (χ1) is 12.9. The smallest absolute Gasteiger partial charge is 0.337 e. The van der Waals surface area contributed by atoms with Crippen LogP contribution < -0.4 is 10.1 Å². The molecule has 3 aromatic rings. The van der Waals surface area contributed by atoms with Crippen molar-refractivity contribution in [3.05, 3.63) is 76.0 Å². The average Bonchev–Trinajstić information content (AvgIpc) is 2.63. The number of carbonyl (C=O) groups excluding carboxylic acids is 1. The highest BCUT2D eigenvalue weighted by molar-refractivity contribution is 6.37. The number of carboxylic acid groups (broad SMARTS) is 1. The quantitative estimate of drug-likeness (QED) is 0.644. The Morgan fingerprint density at radius 1 is 1.00 bits per heavy atom. The highest BCUT2D eigenvalue weighted by atomic mass is 35.5. The lowest BCUT2D eigenvalue weighted by molar-refractivity contribution is 0.0697. The third-order valence-corrected chi connectivity index (χ3v) is 3.94. The van der Waals surface area contributed by atoms with Crippen LogP contribution in [0.3, 0.4) is 0 Å². The van der Waals surface area contributed by atoms with E-state index in [2.05, 4.69) is 15.3 Å².